The van der Waals surface area contributed by atoms with Crippen molar-refractivity contribution in [1.82, 2.24) is 0 Å². The number of likely N-dealkylation sites (N-methyl/N-ethyl adjacent to an activating group) is 1. The zero-order chi connectivity index (χ0) is 14.4. The molecule has 0 bridgehead atoms. The Balaban J connectivity index is 1.71. The number of hydrogen-bond donors (Lipinski definition) is 2. The van der Waals surface area contributed by atoms with Crippen molar-refractivity contribution in [3.8, 4) is 5.75 Å². The molecule has 0 saturated heterocycles. The van der Waals surface area contributed by atoms with Gasteiger partial charge in [0, 0.05) is 4.47 Å². The van der Waals surface area contributed by atoms with Crippen molar-refractivity contribution in [3.63, 3.8) is 0 Å². The third-order valence-electron chi connectivity index (χ3n) is 4.12. The van der Waals surface area contributed by atoms with Gasteiger partial charge in [0.05, 0.1) is 13.1 Å². The van der Waals surface area contributed by atoms with Crippen LogP contribution in [0.1, 0.15) is 32.1 Å². The maximum absolute atomic E-state index is 10.1. The van der Waals surface area contributed by atoms with E-state index in [9.17, 15) is 5.11 Å². The third kappa shape index (κ3) is 5.08. The van der Waals surface area contributed by atoms with Gasteiger partial charge in [-0.25, -0.2) is 0 Å². The molecule has 1 aliphatic carbocycles. The number of nitrogens with one attached hydrogen (secondary N) is 1. The lowest BCUT2D eigenvalue weighted by molar-refractivity contribution is -0.910. The normalized spacial score (nSPS) is 19.6. The number of aliphatic hydroxyl groups is 1. The van der Waals surface area contributed by atoms with Gasteiger partial charge in [0.1, 0.15) is 25.0 Å². The highest BCUT2D eigenvalue weighted by Crippen LogP contribution is 2.16. The molecule has 0 aliphatic heterocycles. The predicted octanol–water partition coefficient (Wildman–Crippen LogP) is 2.04. The van der Waals surface area contributed by atoms with Gasteiger partial charge in [-0.2, -0.15) is 0 Å². The third-order valence-corrected chi connectivity index (χ3v) is 4.64. The summed E-state index contributed by atoms with van der Waals surface area (Å²) in [6.07, 6.45) is 6.25. The van der Waals surface area contributed by atoms with E-state index in [4.69, 9.17) is 4.74 Å². The molecule has 1 saturated carbocycles. The van der Waals surface area contributed by atoms with Crippen molar-refractivity contribution >= 4 is 15.9 Å². The smallest absolute Gasteiger partial charge is 0.137 e. The standard InChI is InChI=1S/C16H24BrNO2/c1-18(14-5-3-2-4-6-14)11-15(19)12-20-16-9-7-13(17)8-10-16/h7-10,14-15,19H,2-6,11-12H2,1H3/p+1/t15-/m0/s1. The van der Waals surface area contributed by atoms with E-state index >= 15 is 0 Å². The molecule has 1 aliphatic rings. The van der Waals surface area contributed by atoms with Crippen LogP contribution < -0.4 is 9.64 Å². The van der Waals surface area contributed by atoms with Crippen molar-refractivity contribution < 1.29 is 14.7 Å². The minimum Gasteiger partial charge on any atom is -0.491 e. The summed E-state index contributed by atoms with van der Waals surface area (Å²) in [7, 11) is 2.19. The summed E-state index contributed by atoms with van der Waals surface area (Å²) < 4.78 is 6.66. The zero-order valence-corrected chi connectivity index (χ0v) is 13.7. The molecule has 0 amide bonds. The maximum atomic E-state index is 10.1. The number of aliphatic hydroxyl groups excluding tert-OH is 1. The van der Waals surface area contributed by atoms with Crippen LogP contribution in [0.5, 0.6) is 5.75 Å². The molecule has 1 fully saturated rings. The van der Waals surface area contributed by atoms with Crippen LogP contribution in [-0.2, 0) is 0 Å². The first-order chi connectivity index (χ1) is 9.65. The molecule has 2 rings (SSSR count). The van der Waals surface area contributed by atoms with Crippen molar-refractivity contribution in [3.05, 3.63) is 28.7 Å². The Morgan fingerprint density at radius 2 is 1.90 bits per heavy atom. The van der Waals surface area contributed by atoms with Gasteiger partial charge in [-0.3, -0.25) is 0 Å². The first-order valence-electron chi connectivity index (χ1n) is 7.54. The summed E-state index contributed by atoms with van der Waals surface area (Å²) in [5.41, 5.74) is 0. The fourth-order valence-corrected chi connectivity index (χ4v) is 3.18. The van der Waals surface area contributed by atoms with E-state index in [-0.39, 0.29) is 0 Å². The van der Waals surface area contributed by atoms with Gasteiger partial charge in [-0.05, 0) is 49.9 Å². The SMILES string of the molecule is C[NH+](C[C@H](O)COc1ccc(Br)cc1)C1CCCCC1. The number of ether oxygens (including phenoxy) is 1. The number of rotatable bonds is 6. The Kier molecular flexibility index (Phi) is 6.33. The highest BCUT2D eigenvalue weighted by atomic mass is 79.9. The summed E-state index contributed by atoms with van der Waals surface area (Å²) in [4.78, 5) is 1.44. The van der Waals surface area contributed by atoms with E-state index < -0.39 is 6.10 Å². The molecule has 1 aromatic rings. The zero-order valence-electron chi connectivity index (χ0n) is 12.1. The van der Waals surface area contributed by atoms with Crippen molar-refractivity contribution in [1.29, 1.82) is 0 Å². The van der Waals surface area contributed by atoms with Gasteiger partial charge in [0.2, 0.25) is 0 Å². The summed E-state index contributed by atoms with van der Waals surface area (Å²) >= 11 is 3.39. The van der Waals surface area contributed by atoms with Gasteiger partial charge in [0.25, 0.3) is 0 Å². The first kappa shape index (κ1) is 15.8. The minimum absolute atomic E-state index is 0.367. The second-order valence-electron chi connectivity index (χ2n) is 5.80. The quantitative estimate of drug-likeness (QED) is 0.829. The van der Waals surface area contributed by atoms with Crippen LogP contribution in [0, 0.1) is 0 Å². The molecule has 112 valence electrons. The summed E-state index contributed by atoms with van der Waals surface area (Å²) in [5.74, 6) is 0.808. The molecule has 3 nitrogen and oxygen atoms in total. The number of halogens is 1. The van der Waals surface area contributed by atoms with E-state index in [0.29, 0.717) is 12.6 Å². The Morgan fingerprint density at radius 3 is 2.55 bits per heavy atom. The molecule has 0 radical (unpaired) electrons. The molecular formula is C16H25BrNO2+. The average Bonchev–Trinajstić information content (AvgIpc) is 2.47. The van der Waals surface area contributed by atoms with Crippen molar-refractivity contribution in [2.24, 2.45) is 0 Å². The minimum atomic E-state index is -0.402. The number of benzene rings is 1. The molecule has 2 atom stereocenters. The second kappa shape index (κ2) is 8.01. The van der Waals surface area contributed by atoms with E-state index in [0.717, 1.165) is 16.8 Å². The van der Waals surface area contributed by atoms with Crippen LogP contribution in [0.25, 0.3) is 0 Å². The fraction of sp³-hybridized carbons (Fsp3) is 0.625. The summed E-state index contributed by atoms with van der Waals surface area (Å²) in [5, 5.41) is 10.1. The molecule has 1 unspecified atom stereocenters. The Hall–Kier alpha value is -0.580. The van der Waals surface area contributed by atoms with Crippen molar-refractivity contribution in [2.75, 3.05) is 20.2 Å². The van der Waals surface area contributed by atoms with Crippen LogP contribution in [0.3, 0.4) is 0 Å². The molecule has 4 heteroatoms. The highest BCUT2D eigenvalue weighted by Gasteiger charge is 2.23. The lowest BCUT2D eigenvalue weighted by atomic mass is 9.94. The van der Waals surface area contributed by atoms with Gasteiger partial charge >= 0.3 is 0 Å². The molecular weight excluding hydrogens is 318 g/mol. The largest absolute Gasteiger partial charge is 0.491 e. The second-order valence-corrected chi connectivity index (χ2v) is 6.72. The molecule has 2 N–H and O–H groups in total. The molecule has 0 aromatic heterocycles. The van der Waals surface area contributed by atoms with Crippen LogP contribution in [-0.4, -0.2) is 37.5 Å². The molecule has 0 spiro atoms. The molecule has 20 heavy (non-hydrogen) atoms. The molecule has 1 aromatic carbocycles. The topological polar surface area (TPSA) is 33.9 Å². The Morgan fingerprint density at radius 1 is 1.25 bits per heavy atom. The van der Waals surface area contributed by atoms with Gasteiger partial charge < -0.3 is 14.7 Å². The Bertz CT molecular complexity index is 390. The molecule has 0 heterocycles. The van der Waals surface area contributed by atoms with Gasteiger partial charge in [0.15, 0.2) is 0 Å². The van der Waals surface area contributed by atoms with Crippen molar-refractivity contribution in [2.45, 2.75) is 44.2 Å². The monoisotopic (exact) mass is 342 g/mol. The van der Waals surface area contributed by atoms with E-state index in [2.05, 4.69) is 23.0 Å². The fourth-order valence-electron chi connectivity index (χ4n) is 2.92. The van der Waals surface area contributed by atoms with E-state index in [1.165, 1.54) is 37.0 Å². The Labute approximate surface area is 130 Å². The lowest BCUT2D eigenvalue weighted by Crippen LogP contribution is -3.14. The van der Waals surface area contributed by atoms with E-state index in [1.54, 1.807) is 0 Å². The van der Waals surface area contributed by atoms with Crippen LogP contribution >= 0.6 is 15.9 Å². The summed E-state index contributed by atoms with van der Waals surface area (Å²) in [6, 6.07) is 8.43. The highest BCUT2D eigenvalue weighted by molar-refractivity contribution is 9.10. The average molecular weight is 343 g/mol. The van der Waals surface area contributed by atoms with Crippen LogP contribution in [0.2, 0.25) is 0 Å². The van der Waals surface area contributed by atoms with E-state index in [1.807, 2.05) is 24.3 Å². The van der Waals surface area contributed by atoms with Gasteiger partial charge in [-0.1, -0.05) is 22.4 Å². The van der Waals surface area contributed by atoms with Gasteiger partial charge in [-0.15, -0.1) is 0 Å². The first-order valence-corrected chi connectivity index (χ1v) is 8.33. The van der Waals surface area contributed by atoms with Crippen LogP contribution in [0.15, 0.2) is 28.7 Å². The van der Waals surface area contributed by atoms with Crippen LogP contribution in [0.4, 0.5) is 0 Å². The summed E-state index contributed by atoms with van der Waals surface area (Å²) in [6.45, 7) is 1.13. The number of hydrogen-bond acceptors (Lipinski definition) is 2. The number of quaternary nitrogens is 1. The predicted molar refractivity (Wildman–Crippen MR) is 84.3 cm³/mol. The lowest BCUT2D eigenvalue weighted by Gasteiger charge is -2.29. The maximum Gasteiger partial charge on any atom is 0.137 e.